The molecule has 0 aromatic carbocycles. The first-order chi connectivity index (χ1) is 12.9. The average Bonchev–Trinajstić information content (AvgIpc) is 2.52. The van der Waals surface area contributed by atoms with E-state index in [1.165, 1.54) is 0 Å². The van der Waals surface area contributed by atoms with E-state index in [-0.39, 0.29) is 8.31 Å². The van der Waals surface area contributed by atoms with Crippen LogP contribution < -0.4 is 0 Å². The zero-order chi connectivity index (χ0) is 26.1. The Bertz CT molecular complexity index is 650. The summed E-state index contributed by atoms with van der Waals surface area (Å²) in [7, 11) is -11.2. The van der Waals surface area contributed by atoms with Crippen LogP contribution >= 0.6 is 0 Å². The Balaban J connectivity index is 6.91. The van der Waals surface area contributed by atoms with E-state index in [4.69, 9.17) is 0 Å². The minimum absolute atomic E-state index is 0.154. The number of rotatable bonds is 9. The molecule has 0 saturated heterocycles. The predicted octanol–water partition coefficient (Wildman–Crippen LogP) is 8.45. The molecule has 0 nitrogen and oxygen atoms in total. The van der Waals surface area contributed by atoms with Crippen LogP contribution in [-0.4, -0.2) is 72.8 Å². The van der Waals surface area contributed by atoms with E-state index in [1.807, 2.05) is 0 Å². The van der Waals surface area contributed by atoms with Gasteiger partial charge in [0.2, 0.25) is 0 Å². The lowest BCUT2D eigenvalue weighted by Gasteiger charge is -2.67. The first kappa shape index (κ1) is 33.2. The van der Waals surface area contributed by atoms with Gasteiger partial charge in [-0.15, -0.1) is 0 Å². The molecule has 187 valence electrons. The highest BCUT2D eigenvalue weighted by Gasteiger charge is 2.70. The van der Waals surface area contributed by atoms with E-state index in [2.05, 4.69) is 137 Å². The lowest BCUT2D eigenvalue weighted by atomic mass is 11.8. The topological polar surface area (TPSA) is 0 Å². The molecule has 0 aliphatic heterocycles. The summed E-state index contributed by atoms with van der Waals surface area (Å²) in [5, 5.41) is 0. The third-order valence-electron chi connectivity index (χ3n) is 14.1. The first-order valence-electron chi connectivity index (χ1n) is 12.8. The van der Waals surface area contributed by atoms with Gasteiger partial charge in [-0.25, -0.2) is 0 Å². The smallest absolute Gasteiger partial charge is 0.0354 e. The second kappa shape index (κ2) is 8.93. The Morgan fingerprint density at radius 2 is 0.484 bits per heavy atom. The van der Waals surface area contributed by atoms with Crippen molar-refractivity contribution < 1.29 is 0 Å². The highest BCUT2D eigenvalue weighted by atomic mass is 30.1. The Morgan fingerprint density at radius 1 is 0.290 bits per heavy atom. The molecule has 0 aromatic rings. The molecule has 0 atom stereocenters. The molecular formula is C21H63Si10. The standard InChI is InChI=1S/C21H63Si10/c1-22(2)24(6,7)26(10,11)28(14,15)30(18,19)31(20,21)29(16,17)27(12,13)25(8,9)23(3,4)5/h1-21H3. The number of hydrogen-bond acceptors (Lipinski definition) is 0. The highest BCUT2D eigenvalue weighted by molar-refractivity contribution is 8.06. The quantitative estimate of drug-likeness (QED) is 0.234. The molecule has 0 fully saturated rings. The SMILES string of the molecule is C[Si](C)[Si](C)(C)[Si](C)(C)[Si](C)(C)[Si](C)(C)[Si](C)(C)[Si](C)(C)[Si](C)(C)[Si](C)(C)[Si](C)(C)C. The van der Waals surface area contributed by atoms with Crippen molar-refractivity contribution in [3.63, 3.8) is 0 Å². The van der Waals surface area contributed by atoms with Gasteiger partial charge in [-0.3, -0.25) is 0 Å². The molecule has 0 heterocycles. The summed E-state index contributed by atoms with van der Waals surface area (Å²) in [4.78, 5) is 0. The zero-order valence-corrected chi connectivity index (χ0v) is 36.0. The van der Waals surface area contributed by atoms with Crippen molar-refractivity contribution >= 4 is 72.8 Å². The molecule has 0 unspecified atom stereocenters. The van der Waals surface area contributed by atoms with Gasteiger partial charge in [0, 0.05) is 72.8 Å². The van der Waals surface area contributed by atoms with Gasteiger partial charge in [-0.2, -0.15) is 0 Å². The van der Waals surface area contributed by atoms with Crippen LogP contribution in [0.25, 0.3) is 0 Å². The van der Waals surface area contributed by atoms with Gasteiger partial charge in [0.1, 0.15) is 0 Å². The molecule has 0 aliphatic carbocycles. The third-order valence-corrected chi connectivity index (χ3v) is 232. The van der Waals surface area contributed by atoms with E-state index in [9.17, 15) is 0 Å². The normalized spacial score (nSPS) is 16.8. The van der Waals surface area contributed by atoms with E-state index in [0.717, 1.165) is 0 Å². The van der Waals surface area contributed by atoms with Crippen LogP contribution in [0.1, 0.15) is 0 Å². The lowest BCUT2D eigenvalue weighted by Crippen LogP contribution is -2.94. The number of hydrogen-bond donors (Lipinski definition) is 0. The van der Waals surface area contributed by atoms with Crippen molar-refractivity contribution in [2.75, 3.05) is 0 Å². The molecule has 0 N–H and O–H groups in total. The molecule has 1 radical (unpaired) electrons. The highest BCUT2D eigenvalue weighted by Crippen LogP contribution is 2.47. The van der Waals surface area contributed by atoms with Crippen LogP contribution in [0.3, 0.4) is 0 Å². The monoisotopic (exact) mass is 595 g/mol. The van der Waals surface area contributed by atoms with E-state index < -0.39 is 64.5 Å². The Morgan fingerprint density at radius 3 is 0.677 bits per heavy atom. The Labute approximate surface area is 209 Å². The maximum atomic E-state index is 2.98. The molecule has 0 saturated carbocycles. The summed E-state index contributed by atoms with van der Waals surface area (Å²) < 4.78 is 0. The van der Waals surface area contributed by atoms with Crippen molar-refractivity contribution in [1.29, 1.82) is 0 Å². The predicted molar refractivity (Wildman–Crippen MR) is 181 cm³/mol. The Kier molecular flexibility index (Phi) is 9.55. The lowest BCUT2D eigenvalue weighted by molar-refractivity contribution is 1.72. The van der Waals surface area contributed by atoms with Crippen LogP contribution in [-0.2, 0) is 0 Å². The first-order valence-corrected chi connectivity index (χ1v) is 51.8. The molecule has 0 spiro atoms. The van der Waals surface area contributed by atoms with Gasteiger partial charge in [0.05, 0.1) is 0 Å². The van der Waals surface area contributed by atoms with Crippen LogP contribution in [0.4, 0.5) is 0 Å². The fourth-order valence-electron chi connectivity index (χ4n) is 6.25. The van der Waals surface area contributed by atoms with Crippen molar-refractivity contribution in [1.82, 2.24) is 0 Å². The van der Waals surface area contributed by atoms with Crippen molar-refractivity contribution in [2.24, 2.45) is 0 Å². The second-order valence-electron chi connectivity index (χ2n) is 16.2. The summed E-state index contributed by atoms with van der Waals surface area (Å²) in [6.45, 7) is 60.4. The molecule has 31 heavy (non-hydrogen) atoms. The van der Waals surface area contributed by atoms with E-state index in [1.54, 1.807) is 0 Å². The molecule has 10 heteroatoms. The fourth-order valence-corrected chi connectivity index (χ4v) is 307. The van der Waals surface area contributed by atoms with E-state index in [0.29, 0.717) is 0 Å². The van der Waals surface area contributed by atoms with Crippen LogP contribution in [0.5, 0.6) is 0 Å². The maximum Gasteiger partial charge on any atom is 0.0354 e. The van der Waals surface area contributed by atoms with Crippen LogP contribution in [0, 0.1) is 0 Å². The largest absolute Gasteiger partial charge is 0.0735 e. The molecule has 0 aliphatic rings. The van der Waals surface area contributed by atoms with Crippen LogP contribution in [0.15, 0.2) is 0 Å². The summed E-state index contributed by atoms with van der Waals surface area (Å²) in [5.74, 6) is 0. The molecular weight excluding hydrogens is 533 g/mol. The Hall–Kier alpha value is 2.17. The van der Waals surface area contributed by atoms with Gasteiger partial charge in [0.25, 0.3) is 0 Å². The van der Waals surface area contributed by atoms with Crippen molar-refractivity contribution in [2.45, 2.75) is 137 Å². The fraction of sp³-hybridized carbons (Fsp3) is 1.00. The minimum Gasteiger partial charge on any atom is -0.0735 e. The van der Waals surface area contributed by atoms with Gasteiger partial charge in [-0.05, 0) is 0 Å². The van der Waals surface area contributed by atoms with Crippen LogP contribution in [0.2, 0.25) is 137 Å². The maximum absolute atomic E-state index is 2.98. The molecule has 0 aromatic heterocycles. The summed E-state index contributed by atoms with van der Waals surface area (Å²) >= 11 is 0. The average molecular weight is 597 g/mol. The van der Waals surface area contributed by atoms with Gasteiger partial charge in [-0.1, -0.05) is 137 Å². The summed E-state index contributed by atoms with van der Waals surface area (Å²) in [5.41, 5.74) is 0. The second-order valence-corrected chi connectivity index (χ2v) is 128. The minimum atomic E-state index is -1.31. The van der Waals surface area contributed by atoms with Crippen molar-refractivity contribution in [3.05, 3.63) is 0 Å². The van der Waals surface area contributed by atoms with Gasteiger partial charge < -0.3 is 0 Å². The molecule has 0 rings (SSSR count). The summed E-state index contributed by atoms with van der Waals surface area (Å²) in [6.07, 6.45) is 0. The third kappa shape index (κ3) is 4.56. The zero-order valence-electron chi connectivity index (χ0n) is 26.0. The van der Waals surface area contributed by atoms with Gasteiger partial charge in [0.15, 0.2) is 0 Å². The molecule has 0 bridgehead atoms. The summed E-state index contributed by atoms with van der Waals surface area (Å²) in [6, 6.07) is 0. The van der Waals surface area contributed by atoms with E-state index >= 15 is 0 Å². The van der Waals surface area contributed by atoms with Gasteiger partial charge >= 0.3 is 0 Å². The van der Waals surface area contributed by atoms with Crippen molar-refractivity contribution in [3.8, 4) is 0 Å². The molecule has 0 amide bonds.